The number of rotatable bonds is 6. The van der Waals surface area contributed by atoms with Crippen LogP contribution in [0.1, 0.15) is 19.8 Å². The van der Waals surface area contributed by atoms with Crippen LogP contribution >= 0.6 is 0 Å². The molecule has 0 radical (unpaired) electrons. The van der Waals surface area contributed by atoms with Crippen LogP contribution in [0.25, 0.3) is 11.7 Å². The van der Waals surface area contributed by atoms with Crippen LogP contribution in [0.4, 0.5) is 0 Å². The molecule has 0 saturated carbocycles. The number of carbonyl (C=O) groups excluding carboxylic acids is 1. The highest BCUT2D eigenvalue weighted by Crippen LogP contribution is 2.14. The molecule has 19 heavy (non-hydrogen) atoms. The number of furan rings is 1. The molecule has 0 unspecified atom stereocenters. The lowest BCUT2D eigenvalue weighted by atomic mass is 10.3. The van der Waals surface area contributed by atoms with Gasteiger partial charge in [0.2, 0.25) is 5.91 Å². The van der Waals surface area contributed by atoms with Gasteiger partial charge in [0.15, 0.2) is 5.76 Å². The van der Waals surface area contributed by atoms with Crippen LogP contribution in [0.2, 0.25) is 0 Å². The molecule has 102 valence electrons. The Bertz CT molecular complexity index is 582. The summed E-state index contributed by atoms with van der Waals surface area (Å²) in [5, 5.41) is 6.60. The van der Waals surface area contributed by atoms with E-state index >= 15 is 0 Å². The van der Waals surface area contributed by atoms with Gasteiger partial charge >= 0.3 is 5.76 Å². The van der Waals surface area contributed by atoms with Crippen molar-refractivity contribution in [3.63, 3.8) is 0 Å². The molecular formula is C12H15N3O4. The van der Waals surface area contributed by atoms with Crippen molar-refractivity contribution in [2.75, 3.05) is 6.54 Å². The number of carbonyl (C=O) groups is 1. The summed E-state index contributed by atoms with van der Waals surface area (Å²) in [7, 11) is 0. The van der Waals surface area contributed by atoms with E-state index in [1.54, 1.807) is 12.1 Å². The summed E-state index contributed by atoms with van der Waals surface area (Å²) in [4.78, 5) is 23.1. The Labute approximate surface area is 109 Å². The van der Waals surface area contributed by atoms with Gasteiger partial charge in [-0.25, -0.2) is 4.79 Å². The van der Waals surface area contributed by atoms with Gasteiger partial charge in [0, 0.05) is 6.54 Å². The Morgan fingerprint density at radius 1 is 1.53 bits per heavy atom. The van der Waals surface area contributed by atoms with Crippen molar-refractivity contribution >= 4 is 5.91 Å². The van der Waals surface area contributed by atoms with Crippen LogP contribution in [-0.2, 0) is 11.3 Å². The van der Waals surface area contributed by atoms with Crippen LogP contribution in [-0.4, -0.2) is 22.2 Å². The number of unbranched alkanes of at least 4 members (excludes halogenated alkanes) is 1. The van der Waals surface area contributed by atoms with Crippen molar-refractivity contribution in [3.8, 4) is 11.7 Å². The predicted octanol–water partition coefficient (Wildman–Crippen LogP) is 1.01. The second-order valence-electron chi connectivity index (χ2n) is 4.01. The number of amides is 1. The molecule has 0 fully saturated rings. The Kier molecular flexibility index (Phi) is 4.17. The van der Waals surface area contributed by atoms with Crippen molar-refractivity contribution in [2.24, 2.45) is 0 Å². The molecule has 2 aromatic rings. The second-order valence-corrected chi connectivity index (χ2v) is 4.01. The SMILES string of the molecule is CCCCNC(=O)Cn1nc(-c2ccco2)oc1=O. The summed E-state index contributed by atoms with van der Waals surface area (Å²) >= 11 is 0. The van der Waals surface area contributed by atoms with Crippen molar-refractivity contribution < 1.29 is 13.6 Å². The fourth-order valence-corrected chi connectivity index (χ4v) is 1.50. The first kappa shape index (κ1) is 13.1. The minimum atomic E-state index is -0.683. The Balaban J connectivity index is 2.01. The van der Waals surface area contributed by atoms with Crippen molar-refractivity contribution in [1.29, 1.82) is 0 Å². The Hall–Kier alpha value is -2.31. The van der Waals surface area contributed by atoms with Crippen LogP contribution in [0.5, 0.6) is 0 Å². The molecule has 2 rings (SSSR count). The monoisotopic (exact) mass is 265 g/mol. The molecule has 0 aromatic carbocycles. The third kappa shape index (κ3) is 3.34. The standard InChI is InChI=1S/C12H15N3O4/c1-2-3-6-13-10(16)8-15-12(17)19-11(14-15)9-5-4-7-18-9/h4-5,7H,2-3,6,8H2,1H3,(H,13,16). The first-order chi connectivity index (χ1) is 9.20. The zero-order valence-electron chi connectivity index (χ0n) is 10.6. The highest BCUT2D eigenvalue weighted by atomic mass is 16.4. The van der Waals surface area contributed by atoms with E-state index in [0.717, 1.165) is 17.5 Å². The minimum absolute atomic E-state index is 0.0661. The van der Waals surface area contributed by atoms with Crippen molar-refractivity contribution in [1.82, 2.24) is 15.1 Å². The van der Waals surface area contributed by atoms with Gasteiger partial charge in [-0.05, 0) is 18.6 Å². The second kappa shape index (κ2) is 6.03. The number of nitrogens with zero attached hydrogens (tertiary/aromatic N) is 2. The van der Waals surface area contributed by atoms with Crippen LogP contribution in [0.3, 0.4) is 0 Å². The normalized spacial score (nSPS) is 10.6. The van der Waals surface area contributed by atoms with E-state index in [0.29, 0.717) is 12.3 Å². The fraction of sp³-hybridized carbons (Fsp3) is 0.417. The lowest BCUT2D eigenvalue weighted by Gasteiger charge is -2.02. The van der Waals surface area contributed by atoms with E-state index in [2.05, 4.69) is 10.4 Å². The molecule has 0 saturated heterocycles. The quantitative estimate of drug-likeness (QED) is 0.787. The molecular weight excluding hydrogens is 250 g/mol. The van der Waals surface area contributed by atoms with E-state index < -0.39 is 5.76 Å². The molecule has 7 nitrogen and oxygen atoms in total. The lowest BCUT2D eigenvalue weighted by Crippen LogP contribution is -2.32. The topological polar surface area (TPSA) is 90.3 Å². The maximum atomic E-state index is 11.6. The largest absolute Gasteiger partial charge is 0.459 e. The summed E-state index contributed by atoms with van der Waals surface area (Å²) in [5.41, 5.74) is 0. The van der Waals surface area contributed by atoms with Crippen LogP contribution in [0, 0.1) is 0 Å². The minimum Gasteiger partial charge on any atom is -0.459 e. The van der Waals surface area contributed by atoms with Gasteiger partial charge in [-0.1, -0.05) is 13.3 Å². The highest BCUT2D eigenvalue weighted by molar-refractivity contribution is 5.75. The average Bonchev–Trinajstić information content (AvgIpc) is 3.00. The van der Waals surface area contributed by atoms with E-state index in [-0.39, 0.29) is 18.3 Å². The molecule has 0 aliphatic carbocycles. The maximum absolute atomic E-state index is 11.6. The van der Waals surface area contributed by atoms with Crippen molar-refractivity contribution in [3.05, 3.63) is 28.9 Å². The highest BCUT2D eigenvalue weighted by Gasteiger charge is 2.14. The van der Waals surface area contributed by atoms with E-state index in [1.807, 2.05) is 6.92 Å². The molecule has 1 amide bonds. The van der Waals surface area contributed by atoms with Crippen LogP contribution < -0.4 is 11.1 Å². The summed E-state index contributed by atoms with van der Waals surface area (Å²) in [6, 6.07) is 3.28. The smallest absolute Gasteiger partial charge is 0.437 e. The molecule has 7 heteroatoms. The molecule has 0 bridgehead atoms. The zero-order valence-corrected chi connectivity index (χ0v) is 10.6. The Morgan fingerprint density at radius 3 is 3.05 bits per heavy atom. The Morgan fingerprint density at radius 2 is 2.37 bits per heavy atom. The fourth-order valence-electron chi connectivity index (χ4n) is 1.50. The summed E-state index contributed by atoms with van der Waals surface area (Å²) in [6.07, 6.45) is 3.34. The molecule has 0 atom stereocenters. The summed E-state index contributed by atoms with van der Waals surface area (Å²) < 4.78 is 10.9. The molecule has 0 aliphatic heterocycles. The number of aromatic nitrogens is 2. The third-order valence-electron chi connectivity index (χ3n) is 2.48. The first-order valence-electron chi connectivity index (χ1n) is 6.09. The molecule has 0 spiro atoms. The van der Waals surface area contributed by atoms with Gasteiger partial charge in [0.05, 0.1) is 6.26 Å². The number of hydrogen-bond donors (Lipinski definition) is 1. The first-order valence-corrected chi connectivity index (χ1v) is 6.09. The van der Waals surface area contributed by atoms with Gasteiger partial charge in [0.25, 0.3) is 5.89 Å². The van der Waals surface area contributed by atoms with Crippen LogP contribution in [0.15, 0.2) is 32.0 Å². The third-order valence-corrected chi connectivity index (χ3v) is 2.48. The van der Waals surface area contributed by atoms with Gasteiger partial charge < -0.3 is 14.2 Å². The maximum Gasteiger partial charge on any atom is 0.437 e. The summed E-state index contributed by atoms with van der Waals surface area (Å²) in [5.74, 6) is -0.537. The van der Waals surface area contributed by atoms with Crippen molar-refractivity contribution in [2.45, 2.75) is 26.3 Å². The molecule has 2 heterocycles. The lowest BCUT2D eigenvalue weighted by molar-refractivity contribution is -0.121. The van der Waals surface area contributed by atoms with Gasteiger partial charge in [-0.3, -0.25) is 4.79 Å². The van der Waals surface area contributed by atoms with Gasteiger partial charge in [-0.15, -0.1) is 5.10 Å². The zero-order chi connectivity index (χ0) is 13.7. The predicted molar refractivity (Wildman–Crippen MR) is 66.4 cm³/mol. The van der Waals surface area contributed by atoms with Gasteiger partial charge in [-0.2, -0.15) is 4.68 Å². The molecule has 2 aromatic heterocycles. The number of hydrogen-bond acceptors (Lipinski definition) is 5. The van der Waals surface area contributed by atoms with E-state index in [9.17, 15) is 9.59 Å². The molecule has 0 aliphatic rings. The average molecular weight is 265 g/mol. The summed E-state index contributed by atoms with van der Waals surface area (Å²) in [6.45, 7) is 2.46. The van der Waals surface area contributed by atoms with Gasteiger partial charge in [0.1, 0.15) is 6.54 Å². The molecule has 1 N–H and O–H groups in total. The van der Waals surface area contributed by atoms with E-state index in [4.69, 9.17) is 8.83 Å². The van der Waals surface area contributed by atoms with E-state index in [1.165, 1.54) is 6.26 Å². The number of nitrogens with one attached hydrogen (secondary N) is 1.